The summed E-state index contributed by atoms with van der Waals surface area (Å²) in [6, 6.07) is 16.3. The molecule has 0 spiro atoms. The second-order valence-electron chi connectivity index (χ2n) is 7.14. The van der Waals surface area contributed by atoms with E-state index in [1.165, 1.54) is 37.9 Å². The fraction of sp³-hybridized carbons (Fsp3) is 0.478. The van der Waals surface area contributed by atoms with Crippen molar-refractivity contribution < 1.29 is 9.47 Å². The Morgan fingerprint density at radius 3 is 2.26 bits per heavy atom. The van der Waals surface area contributed by atoms with Gasteiger partial charge in [0.15, 0.2) is 0 Å². The van der Waals surface area contributed by atoms with Gasteiger partial charge in [0.2, 0.25) is 0 Å². The summed E-state index contributed by atoms with van der Waals surface area (Å²) in [7, 11) is 0. The zero-order valence-electron chi connectivity index (χ0n) is 16.2. The van der Waals surface area contributed by atoms with E-state index < -0.39 is 0 Å². The average molecular weight is 432 g/mol. The molecule has 1 aliphatic heterocycles. The minimum Gasteiger partial charge on any atom is -0.494 e. The molecule has 2 aromatic rings. The molecule has 0 radical (unpaired) electrons. The number of benzene rings is 2. The molecule has 146 valence electrons. The number of likely N-dealkylation sites (tertiary alicyclic amines) is 1. The van der Waals surface area contributed by atoms with Gasteiger partial charge in [-0.2, -0.15) is 0 Å². The van der Waals surface area contributed by atoms with Gasteiger partial charge in [0.25, 0.3) is 0 Å². The smallest absolute Gasteiger partial charge is 0.123 e. The van der Waals surface area contributed by atoms with E-state index in [4.69, 9.17) is 9.47 Å². The van der Waals surface area contributed by atoms with Gasteiger partial charge in [0.1, 0.15) is 17.6 Å². The predicted octanol–water partition coefficient (Wildman–Crippen LogP) is 6.23. The first-order chi connectivity index (χ1) is 13.2. The van der Waals surface area contributed by atoms with Crippen molar-refractivity contribution in [3.05, 3.63) is 58.6 Å². The van der Waals surface area contributed by atoms with Crippen molar-refractivity contribution in [1.82, 2.24) is 4.90 Å². The Labute approximate surface area is 171 Å². The Bertz CT molecular complexity index is 666. The molecule has 4 heteroatoms. The fourth-order valence-corrected chi connectivity index (χ4v) is 3.77. The molecule has 0 N–H and O–H groups in total. The van der Waals surface area contributed by atoms with Crippen LogP contribution in [0.25, 0.3) is 0 Å². The summed E-state index contributed by atoms with van der Waals surface area (Å²) in [6.07, 6.45) is 6.16. The summed E-state index contributed by atoms with van der Waals surface area (Å²) in [5.41, 5.74) is 1.18. The molecule has 3 nitrogen and oxygen atoms in total. The largest absolute Gasteiger partial charge is 0.494 e. The zero-order valence-corrected chi connectivity index (χ0v) is 17.8. The molecule has 1 saturated heterocycles. The number of nitrogens with zero attached hydrogens (tertiary/aromatic N) is 1. The summed E-state index contributed by atoms with van der Waals surface area (Å²) in [6.45, 7) is 6.59. The van der Waals surface area contributed by atoms with Crippen LogP contribution in [0.1, 0.15) is 50.7 Å². The minimum absolute atomic E-state index is 0.0549. The molecular formula is C23H30BrNO2. The standard InChI is InChI=1S/C23H30BrNO2/c1-2-23(27-22-13-9-20(24)10-14-22)19-7-11-21(12-8-19)26-18-6-17-25-15-4-3-5-16-25/h7-14,23H,2-6,15-18H2,1H3. The van der Waals surface area contributed by atoms with E-state index in [9.17, 15) is 0 Å². The van der Waals surface area contributed by atoms with Crippen LogP contribution in [0.15, 0.2) is 53.0 Å². The molecule has 1 fully saturated rings. The van der Waals surface area contributed by atoms with Crippen molar-refractivity contribution in [2.45, 2.75) is 45.1 Å². The Kier molecular flexibility index (Phi) is 8.03. The van der Waals surface area contributed by atoms with E-state index in [0.29, 0.717) is 0 Å². The molecule has 0 bridgehead atoms. The predicted molar refractivity (Wildman–Crippen MR) is 115 cm³/mol. The normalized spacial score (nSPS) is 16.1. The van der Waals surface area contributed by atoms with Crippen LogP contribution in [0.3, 0.4) is 0 Å². The molecule has 27 heavy (non-hydrogen) atoms. The van der Waals surface area contributed by atoms with Gasteiger partial charge >= 0.3 is 0 Å². The molecule has 0 saturated carbocycles. The lowest BCUT2D eigenvalue weighted by molar-refractivity contribution is 0.200. The highest BCUT2D eigenvalue weighted by Gasteiger charge is 2.12. The molecule has 0 aromatic heterocycles. The number of ether oxygens (including phenoxy) is 2. The third kappa shape index (κ3) is 6.54. The average Bonchev–Trinajstić information content (AvgIpc) is 2.72. The van der Waals surface area contributed by atoms with Crippen molar-refractivity contribution >= 4 is 15.9 Å². The molecule has 1 aliphatic rings. The Morgan fingerprint density at radius 1 is 0.926 bits per heavy atom. The number of rotatable bonds is 9. The van der Waals surface area contributed by atoms with Crippen LogP contribution in [0.2, 0.25) is 0 Å². The summed E-state index contributed by atoms with van der Waals surface area (Å²) in [5.74, 6) is 1.83. The monoisotopic (exact) mass is 431 g/mol. The van der Waals surface area contributed by atoms with E-state index >= 15 is 0 Å². The Morgan fingerprint density at radius 2 is 1.59 bits per heavy atom. The zero-order chi connectivity index (χ0) is 18.9. The lowest BCUT2D eigenvalue weighted by Crippen LogP contribution is -2.31. The highest BCUT2D eigenvalue weighted by Crippen LogP contribution is 2.27. The van der Waals surface area contributed by atoms with Gasteiger partial charge in [-0.25, -0.2) is 0 Å². The van der Waals surface area contributed by atoms with Crippen molar-refractivity contribution in [3.63, 3.8) is 0 Å². The molecule has 1 heterocycles. The van der Waals surface area contributed by atoms with Crippen LogP contribution in [0.4, 0.5) is 0 Å². The first-order valence-electron chi connectivity index (χ1n) is 10.1. The van der Waals surface area contributed by atoms with Crippen LogP contribution in [-0.4, -0.2) is 31.1 Å². The topological polar surface area (TPSA) is 21.7 Å². The van der Waals surface area contributed by atoms with E-state index in [1.807, 2.05) is 24.3 Å². The molecule has 1 unspecified atom stereocenters. The van der Waals surface area contributed by atoms with Crippen LogP contribution in [-0.2, 0) is 0 Å². The van der Waals surface area contributed by atoms with Crippen molar-refractivity contribution in [2.24, 2.45) is 0 Å². The second-order valence-corrected chi connectivity index (χ2v) is 8.06. The lowest BCUT2D eigenvalue weighted by atomic mass is 10.1. The maximum atomic E-state index is 6.14. The van der Waals surface area contributed by atoms with Gasteiger partial charge in [-0.15, -0.1) is 0 Å². The van der Waals surface area contributed by atoms with Crippen LogP contribution in [0.5, 0.6) is 11.5 Å². The summed E-state index contributed by atoms with van der Waals surface area (Å²) >= 11 is 3.46. The van der Waals surface area contributed by atoms with Crippen LogP contribution < -0.4 is 9.47 Å². The number of piperidine rings is 1. The van der Waals surface area contributed by atoms with Crippen molar-refractivity contribution in [3.8, 4) is 11.5 Å². The van der Waals surface area contributed by atoms with Gasteiger partial charge in [0.05, 0.1) is 6.61 Å². The van der Waals surface area contributed by atoms with Crippen LogP contribution in [0, 0.1) is 0 Å². The Hall–Kier alpha value is -1.52. The van der Waals surface area contributed by atoms with E-state index in [2.05, 4.69) is 52.0 Å². The fourth-order valence-electron chi connectivity index (χ4n) is 3.50. The molecular weight excluding hydrogens is 402 g/mol. The van der Waals surface area contributed by atoms with Crippen LogP contribution >= 0.6 is 15.9 Å². The molecule has 2 aromatic carbocycles. The SMILES string of the molecule is CCC(Oc1ccc(Br)cc1)c1ccc(OCCCN2CCCCC2)cc1. The maximum absolute atomic E-state index is 6.14. The second kappa shape index (κ2) is 10.7. The molecule has 0 aliphatic carbocycles. The van der Waals surface area contributed by atoms with Gasteiger partial charge < -0.3 is 14.4 Å². The lowest BCUT2D eigenvalue weighted by Gasteiger charge is -2.26. The third-order valence-corrected chi connectivity index (χ3v) is 5.58. The summed E-state index contributed by atoms with van der Waals surface area (Å²) < 4.78 is 13.1. The van der Waals surface area contributed by atoms with Gasteiger partial charge in [0, 0.05) is 11.0 Å². The van der Waals surface area contributed by atoms with Gasteiger partial charge in [-0.05, 0) is 80.7 Å². The number of halogens is 1. The highest BCUT2D eigenvalue weighted by molar-refractivity contribution is 9.10. The van der Waals surface area contributed by atoms with E-state index in [1.54, 1.807) is 0 Å². The maximum Gasteiger partial charge on any atom is 0.123 e. The number of hydrogen-bond acceptors (Lipinski definition) is 3. The Balaban J connectivity index is 1.45. The van der Waals surface area contributed by atoms with E-state index in [0.717, 1.165) is 42.0 Å². The third-order valence-electron chi connectivity index (χ3n) is 5.05. The van der Waals surface area contributed by atoms with Crippen molar-refractivity contribution in [1.29, 1.82) is 0 Å². The number of hydrogen-bond donors (Lipinski definition) is 0. The van der Waals surface area contributed by atoms with Gasteiger partial charge in [-0.1, -0.05) is 41.4 Å². The molecule has 1 atom stereocenters. The van der Waals surface area contributed by atoms with Crippen molar-refractivity contribution in [2.75, 3.05) is 26.2 Å². The summed E-state index contributed by atoms with van der Waals surface area (Å²) in [5, 5.41) is 0. The first-order valence-corrected chi connectivity index (χ1v) is 10.9. The minimum atomic E-state index is 0.0549. The summed E-state index contributed by atoms with van der Waals surface area (Å²) in [4.78, 5) is 2.56. The van der Waals surface area contributed by atoms with Gasteiger partial charge in [-0.3, -0.25) is 0 Å². The molecule has 3 rings (SSSR count). The molecule has 0 amide bonds. The van der Waals surface area contributed by atoms with E-state index in [-0.39, 0.29) is 6.10 Å². The highest BCUT2D eigenvalue weighted by atomic mass is 79.9. The first kappa shape index (κ1) is 20.2. The quantitative estimate of drug-likeness (QED) is 0.438.